The molecule has 0 spiro atoms. The van der Waals surface area contributed by atoms with Crippen molar-refractivity contribution in [2.45, 2.75) is 63.3 Å². The summed E-state index contributed by atoms with van der Waals surface area (Å²) in [6, 6.07) is 9.51. The second-order valence-electron chi connectivity index (χ2n) is 7.84. The lowest BCUT2D eigenvalue weighted by Gasteiger charge is -2.57. The van der Waals surface area contributed by atoms with E-state index >= 15 is 0 Å². The van der Waals surface area contributed by atoms with Crippen LogP contribution >= 0.6 is 0 Å². The number of rotatable bonds is 3. The van der Waals surface area contributed by atoms with Gasteiger partial charge in [-0.25, -0.2) is 0 Å². The van der Waals surface area contributed by atoms with Gasteiger partial charge in [-0.15, -0.1) is 0 Å². The Morgan fingerprint density at radius 2 is 1.70 bits per heavy atom. The molecule has 108 valence electrons. The Bertz CT molecular complexity index is 469. The molecule has 2 N–H and O–H groups in total. The molecule has 1 aromatic carbocycles. The Labute approximate surface area is 122 Å². The van der Waals surface area contributed by atoms with Crippen LogP contribution in [0.4, 0.5) is 0 Å². The Kier molecular flexibility index (Phi) is 2.96. The van der Waals surface area contributed by atoms with E-state index in [9.17, 15) is 0 Å². The molecule has 0 saturated heterocycles. The fourth-order valence-corrected chi connectivity index (χ4v) is 5.80. The average Bonchev–Trinajstić information content (AvgIpc) is 2.45. The van der Waals surface area contributed by atoms with E-state index in [4.69, 9.17) is 5.73 Å². The molecule has 5 rings (SSSR count). The molecule has 0 radical (unpaired) electrons. The maximum Gasteiger partial charge on any atom is 0.0292 e. The van der Waals surface area contributed by atoms with Crippen LogP contribution in [0.1, 0.15) is 69.0 Å². The molecule has 20 heavy (non-hydrogen) atoms. The van der Waals surface area contributed by atoms with Crippen LogP contribution in [-0.2, 0) is 5.41 Å². The molecule has 1 heteroatoms. The van der Waals surface area contributed by atoms with Gasteiger partial charge < -0.3 is 5.73 Å². The van der Waals surface area contributed by atoms with Gasteiger partial charge in [0, 0.05) is 6.04 Å². The van der Waals surface area contributed by atoms with Crippen LogP contribution in [0.5, 0.6) is 0 Å². The van der Waals surface area contributed by atoms with Crippen LogP contribution in [0.15, 0.2) is 24.3 Å². The first-order valence-corrected chi connectivity index (χ1v) is 8.54. The van der Waals surface area contributed by atoms with Gasteiger partial charge >= 0.3 is 0 Å². The van der Waals surface area contributed by atoms with Crippen molar-refractivity contribution in [2.75, 3.05) is 0 Å². The highest BCUT2D eigenvalue weighted by Crippen LogP contribution is 2.60. The van der Waals surface area contributed by atoms with Crippen molar-refractivity contribution < 1.29 is 0 Å². The quantitative estimate of drug-likeness (QED) is 0.855. The largest absolute Gasteiger partial charge is 0.324 e. The minimum atomic E-state index is 0.212. The minimum absolute atomic E-state index is 0.212. The predicted octanol–water partition coefficient (Wildman–Crippen LogP) is 4.56. The van der Waals surface area contributed by atoms with Crippen LogP contribution in [0, 0.1) is 17.8 Å². The van der Waals surface area contributed by atoms with Crippen molar-refractivity contribution in [3.8, 4) is 0 Å². The van der Waals surface area contributed by atoms with Crippen LogP contribution in [-0.4, -0.2) is 0 Å². The van der Waals surface area contributed by atoms with Gasteiger partial charge in [0.25, 0.3) is 0 Å². The molecular weight excluding hydrogens is 242 g/mol. The highest BCUT2D eigenvalue weighted by molar-refractivity contribution is 5.34. The van der Waals surface area contributed by atoms with E-state index < -0.39 is 0 Å². The fraction of sp³-hybridized carbons (Fsp3) is 0.684. The van der Waals surface area contributed by atoms with Gasteiger partial charge in [-0.1, -0.05) is 31.2 Å². The Morgan fingerprint density at radius 3 is 2.25 bits per heavy atom. The summed E-state index contributed by atoms with van der Waals surface area (Å²) in [6.07, 6.45) is 9.94. The zero-order chi connectivity index (χ0) is 13.7. The van der Waals surface area contributed by atoms with Gasteiger partial charge in [-0.05, 0) is 79.2 Å². The van der Waals surface area contributed by atoms with Crippen molar-refractivity contribution in [3.05, 3.63) is 35.4 Å². The number of benzene rings is 1. The molecule has 4 bridgehead atoms. The third-order valence-corrected chi connectivity index (χ3v) is 6.41. The van der Waals surface area contributed by atoms with Gasteiger partial charge in [0.2, 0.25) is 0 Å². The maximum atomic E-state index is 6.25. The molecule has 0 amide bonds. The SMILES string of the molecule is CCC(N)c1cccc(C23CC4CC(CC(C4)C2)C3)c1. The van der Waals surface area contributed by atoms with Crippen molar-refractivity contribution in [1.29, 1.82) is 0 Å². The number of nitrogens with two attached hydrogens (primary N) is 1. The monoisotopic (exact) mass is 269 g/mol. The maximum absolute atomic E-state index is 6.25. The lowest BCUT2D eigenvalue weighted by molar-refractivity contribution is -0.00522. The number of hydrogen-bond acceptors (Lipinski definition) is 1. The lowest BCUT2D eigenvalue weighted by Crippen LogP contribution is -2.48. The first-order chi connectivity index (χ1) is 9.68. The second-order valence-corrected chi connectivity index (χ2v) is 7.84. The van der Waals surface area contributed by atoms with Gasteiger partial charge in [0.1, 0.15) is 0 Å². The van der Waals surface area contributed by atoms with Crippen LogP contribution in [0.2, 0.25) is 0 Å². The molecule has 0 heterocycles. The van der Waals surface area contributed by atoms with E-state index in [2.05, 4.69) is 31.2 Å². The highest BCUT2D eigenvalue weighted by Gasteiger charge is 2.51. The molecule has 4 fully saturated rings. The first-order valence-electron chi connectivity index (χ1n) is 8.54. The molecule has 1 aromatic rings. The van der Waals surface area contributed by atoms with Crippen molar-refractivity contribution in [1.82, 2.24) is 0 Å². The third-order valence-electron chi connectivity index (χ3n) is 6.41. The zero-order valence-electron chi connectivity index (χ0n) is 12.6. The summed E-state index contributed by atoms with van der Waals surface area (Å²) in [5.74, 6) is 3.05. The first kappa shape index (κ1) is 12.9. The summed E-state index contributed by atoms with van der Waals surface area (Å²) in [7, 11) is 0. The summed E-state index contributed by atoms with van der Waals surface area (Å²) >= 11 is 0. The zero-order valence-corrected chi connectivity index (χ0v) is 12.6. The van der Waals surface area contributed by atoms with Crippen LogP contribution in [0.3, 0.4) is 0 Å². The Morgan fingerprint density at radius 1 is 1.10 bits per heavy atom. The fourth-order valence-electron chi connectivity index (χ4n) is 5.80. The van der Waals surface area contributed by atoms with Crippen LogP contribution < -0.4 is 5.73 Å². The summed E-state index contributed by atoms with van der Waals surface area (Å²) in [5.41, 5.74) is 9.72. The van der Waals surface area contributed by atoms with E-state index in [1.807, 2.05) is 0 Å². The minimum Gasteiger partial charge on any atom is -0.324 e. The highest BCUT2D eigenvalue weighted by atomic mass is 14.6. The molecule has 4 aliphatic carbocycles. The molecule has 0 aliphatic heterocycles. The summed E-state index contributed by atoms with van der Waals surface area (Å²) < 4.78 is 0. The van der Waals surface area contributed by atoms with E-state index in [-0.39, 0.29) is 6.04 Å². The van der Waals surface area contributed by atoms with E-state index in [0.717, 1.165) is 24.2 Å². The van der Waals surface area contributed by atoms with Crippen molar-refractivity contribution >= 4 is 0 Å². The van der Waals surface area contributed by atoms with Gasteiger partial charge in [-0.3, -0.25) is 0 Å². The summed E-state index contributed by atoms with van der Waals surface area (Å²) in [4.78, 5) is 0. The van der Waals surface area contributed by atoms with Gasteiger partial charge in [-0.2, -0.15) is 0 Å². The van der Waals surface area contributed by atoms with Crippen molar-refractivity contribution in [2.24, 2.45) is 23.5 Å². The Balaban J connectivity index is 1.70. The lowest BCUT2D eigenvalue weighted by atomic mass is 9.48. The average molecular weight is 269 g/mol. The molecule has 4 aliphatic rings. The Hall–Kier alpha value is -0.820. The standard InChI is InChI=1S/C19H27N/c1-2-18(20)16-4-3-5-17(9-16)19-10-13-6-14(11-19)8-15(7-13)12-19/h3-5,9,13-15,18H,2,6-8,10-12,20H2,1H3. The predicted molar refractivity (Wildman–Crippen MR) is 83.5 cm³/mol. The second kappa shape index (κ2) is 4.59. The van der Waals surface area contributed by atoms with Crippen LogP contribution in [0.25, 0.3) is 0 Å². The summed E-state index contributed by atoms with van der Waals surface area (Å²) in [5, 5.41) is 0. The van der Waals surface area contributed by atoms with Gasteiger partial charge in [0.15, 0.2) is 0 Å². The summed E-state index contributed by atoms with van der Waals surface area (Å²) in [6.45, 7) is 2.18. The smallest absolute Gasteiger partial charge is 0.0292 e. The third kappa shape index (κ3) is 1.94. The van der Waals surface area contributed by atoms with Gasteiger partial charge in [0.05, 0.1) is 0 Å². The molecule has 4 saturated carbocycles. The molecule has 1 atom stereocenters. The normalized spacial score (nSPS) is 40.0. The number of hydrogen-bond donors (Lipinski definition) is 1. The van der Waals surface area contributed by atoms with E-state index in [0.29, 0.717) is 5.41 Å². The molecule has 0 aromatic heterocycles. The topological polar surface area (TPSA) is 26.0 Å². The molecule has 1 nitrogen and oxygen atoms in total. The van der Waals surface area contributed by atoms with E-state index in [1.165, 1.54) is 44.1 Å². The molecule has 1 unspecified atom stereocenters. The molecular formula is C19H27N. The van der Waals surface area contributed by atoms with E-state index in [1.54, 1.807) is 5.56 Å². The van der Waals surface area contributed by atoms with Crippen molar-refractivity contribution in [3.63, 3.8) is 0 Å².